The predicted octanol–water partition coefficient (Wildman–Crippen LogP) is 3.66. The second kappa shape index (κ2) is 13.2. The number of pyridine rings is 1. The van der Waals surface area contributed by atoms with Gasteiger partial charge >= 0.3 is 5.97 Å². The summed E-state index contributed by atoms with van der Waals surface area (Å²) in [6.45, 7) is 9.57. The normalized spacial score (nSPS) is 28.5. The molecule has 3 amide bonds. The Morgan fingerprint density at radius 1 is 1.16 bits per heavy atom. The van der Waals surface area contributed by atoms with E-state index in [0.29, 0.717) is 31.6 Å². The molecular formula is C36H44N4O8S. The van der Waals surface area contributed by atoms with Crippen LogP contribution in [0.15, 0.2) is 49.2 Å². The minimum atomic E-state index is -3.87. The average Bonchev–Trinajstić information content (AvgIpc) is 3.97. The lowest BCUT2D eigenvalue weighted by Crippen LogP contribution is -2.57. The number of allylic oxidation sites excluding steroid dienone is 1. The van der Waals surface area contributed by atoms with Gasteiger partial charge in [-0.3, -0.25) is 23.9 Å². The van der Waals surface area contributed by atoms with Gasteiger partial charge in [-0.2, -0.15) is 0 Å². The van der Waals surface area contributed by atoms with Crippen LogP contribution in [0.3, 0.4) is 0 Å². The Morgan fingerprint density at radius 2 is 1.94 bits per heavy atom. The van der Waals surface area contributed by atoms with Gasteiger partial charge in [0.25, 0.3) is 5.91 Å². The van der Waals surface area contributed by atoms with Gasteiger partial charge in [-0.15, -0.1) is 6.58 Å². The van der Waals surface area contributed by atoms with Crippen LogP contribution in [0, 0.1) is 17.3 Å². The maximum Gasteiger partial charge on any atom is 0.306 e. The van der Waals surface area contributed by atoms with E-state index < -0.39 is 73.9 Å². The average molecular weight is 693 g/mol. The molecule has 13 heteroatoms. The number of rotatable bonds is 6. The number of aromatic nitrogens is 1. The highest BCUT2D eigenvalue weighted by atomic mass is 32.2. The van der Waals surface area contributed by atoms with Gasteiger partial charge in [0.15, 0.2) is 0 Å². The lowest BCUT2D eigenvalue weighted by Gasteiger charge is -2.35. The zero-order valence-electron chi connectivity index (χ0n) is 28.1. The van der Waals surface area contributed by atoms with Crippen molar-refractivity contribution in [3.8, 4) is 5.88 Å². The van der Waals surface area contributed by atoms with E-state index in [0.717, 1.165) is 16.3 Å². The van der Waals surface area contributed by atoms with Gasteiger partial charge in [-0.1, -0.05) is 51.1 Å². The second-order valence-corrected chi connectivity index (χ2v) is 16.6. The zero-order valence-corrected chi connectivity index (χ0v) is 29.0. The lowest BCUT2D eigenvalue weighted by molar-refractivity contribution is -0.153. The van der Waals surface area contributed by atoms with E-state index >= 15 is 0 Å². The molecule has 49 heavy (non-hydrogen) atoms. The third-order valence-electron chi connectivity index (χ3n) is 9.93. The Hall–Kier alpha value is -4.26. The van der Waals surface area contributed by atoms with E-state index in [-0.39, 0.29) is 32.4 Å². The van der Waals surface area contributed by atoms with Crippen LogP contribution < -0.4 is 14.8 Å². The van der Waals surface area contributed by atoms with Gasteiger partial charge < -0.3 is 19.7 Å². The first kappa shape index (κ1) is 34.6. The Balaban J connectivity index is 1.33. The van der Waals surface area contributed by atoms with E-state index in [4.69, 9.17) is 9.47 Å². The van der Waals surface area contributed by atoms with Crippen molar-refractivity contribution in [2.45, 2.75) is 88.7 Å². The summed E-state index contributed by atoms with van der Waals surface area (Å²) in [4.78, 5) is 61.0. The highest BCUT2D eigenvalue weighted by molar-refractivity contribution is 7.91. The minimum Gasteiger partial charge on any atom is -0.472 e. The summed E-state index contributed by atoms with van der Waals surface area (Å²) in [7, 11) is -3.87. The molecule has 12 nitrogen and oxygen atoms in total. The van der Waals surface area contributed by atoms with Gasteiger partial charge in [-0.25, -0.2) is 13.4 Å². The fraction of sp³-hybridized carbons (Fsp3) is 0.528. The lowest BCUT2D eigenvalue weighted by atomic mass is 9.77. The number of amides is 3. The van der Waals surface area contributed by atoms with Crippen LogP contribution in [0.25, 0.3) is 16.8 Å². The van der Waals surface area contributed by atoms with Gasteiger partial charge in [0.2, 0.25) is 27.7 Å². The van der Waals surface area contributed by atoms with Crippen molar-refractivity contribution in [3.05, 3.63) is 54.8 Å². The largest absolute Gasteiger partial charge is 0.472 e. The number of hydrogen-bond acceptors (Lipinski definition) is 9. The number of esters is 1. The van der Waals surface area contributed by atoms with E-state index in [1.807, 2.05) is 57.2 Å². The molecule has 1 aromatic heterocycles. The van der Waals surface area contributed by atoms with Crippen molar-refractivity contribution in [1.82, 2.24) is 19.9 Å². The molecule has 2 aromatic rings. The van der Waals surface area contributed by atoms with Crippen molar-refractivity contribution in [2.75, 3.05) is 13.2 Å². The van der Waals surface area contributed by atoms with Crippen LogP contribution >= 0.6 is 0 Å². The third kappa shape index (κ3) is 7.36. The third-order valence-corrected chi connectivity index (χ3v) is 11.8. The first-order valence-electron chi connectivity index (χ1n) is 16.9. The molecule has 3 fully saturated rings. The number of ether oxygens (including phenoxy) is 2. The van der Waals surface area contributed by atoms with Gasteiger partial charge in [0.05, 0.1) is 30.7 Å². The molecular weight excluding hydrogens is 648 g/mol. The van der Waals surface area contributed by atoms with Crippen molar-refractivity contribution in [1.29, 1.82) is 0 Å². The number of carbonyl (C=O) groups is 4. The number of fused-ring (bicyclic) bond motifs is 3. The molecule has 6 rings (SSSR count). The first-order chi connectivity index (χ1) is 23.2. The minimum absolute atomic E-state index is 0.0242. The number of nitrogens with zero attached hydrogens (tertiary/aromatic N) is 2. The Kier molecular flexibility index (Phi) is 9.33. The molecule has 0 unspecified atom stereocenters. The number of nitrogens with one attached hydrogen (secondary N) is 2. The number of hydrogen-bond donors (Lipinski definition) is 2. The van der Waals surface area contributed by atoms with E-state index in [9.17, 15) is 27.6 Å². The molecule has 4 bridgehead atoms. The van der Waals surface area contributed by atoms with Crippen LogP contribution in [0.2, 0.25) is 0 Å². The molecule has 0 radical (unpaired) electrons. The predicted molar refractivity (Wildman–Crippen MR) is 182 cm³/mol. The highest BCUT2D eigenvalue weighted by Gasteiger charge is 2.62. The van der Waals surface area contributed by atoms with Crippen LogP contribution in [-0.2, 0) is 33.9 Å². The molecule has 1 aromatic carbocycles. The number of benzene rings is 1. The molecule has 2 saturated carbocycles. The standard InChI is InChI=1S/C36H44N4O8S/c1-5-24-20-36(24,34(44)39-49(45,46)26-12-13-26)38-31(42)29-18-25-21-40(29)33(43)28(35(2,3)4)19-30(41)47-16-8-6-7-9-22-10-11-23-14-15-37-32(48-25)27(23)17-22/h5,7,9-11,14-15,17,24-26,28-29H,1,6,8,12-13,16,18-21H2,2-4H3,(H,38,42)(H,39,44)/b9-7+/t24-,25+,28+,29-,36+/m0/s1. The molecule has 2 aliphatic carbocycles. The van der Waals surface area contributed by atoms with Crippen molar-refractivity contribution in [3.63, 3.8) is 0 Å². The summed E-state index contributed by atoms with van der Waals surface area (Å²) in [5.41, 5.74) is -1.25. The number of carbonyl (C=O) groups excluding carboxylic acids is 4. The van der Waals surface area contributed by atoms with Gasteiger partial charge in [0.1, 0.15) is 17.7 Å². The molecule has 2 N–H and O–H groups in total. The quantitative estimate of drug-likeness (QED) is 0.340. The zero-order chi connectivity index (χ0) is 35.1. The summed E-state index contributed by atoms with van der Waals surface area (Å²) in [5, 5.41) is 3.87. The van der Waals surface area contributed by atoms with Crippen molar-refractivity contribution >= 4 is 50.6 Å². The fourth-order valence-corrected chi connectivity index (χ4v) is 8.07. The second-order valence-electron chi connectivity index (χ2n) is 14.6. The Bertz CT molecular complexity index is 1810. The van der Waals surface area contributed by atoms with Crippen LogP contribution in [0.5, 0.6) is 5.88 Å². The van der Waals surface area contributed by atoms with Crippen molar-refractivity contribution in [2.24, 2.45) is 17.3 Å². The molecule has 262 valence electrons. The summed E-state index contributed by atoms with van der Waals surface area (Å²) in [6.07, 6.45) is 8.82. The summed E-state index contributed by atoms with van der Waals surface area (Å²) in [6, 6.07) is 6.72. The molecule has 1 saturated heterocycles. The first-order valence-corrected chi connectivity index (χ1v) is 18.4. The summed E-state index contributed by atoms with van der Waals surface area (Å²) < 4.78 is 39.4. The monoisotopic (exact) mass is 692 g/mol. The Morgan fingerprint density at radius 3 is 2.63 bits per heavy atom. The molecule has 3 heterocycles. The maximum atomic E-state index is 14.4. The smallest absolute Gasteiger partial charge is 0.306 e. The number of sulfonamides is 1. The summed E-state index contributed by atoms with van der Waals surface area (Å²) >= 11 is 0. The highest BCUT2D eigenvalue weighted by Crippen LogP contribution is 2.46. The number of cyclic esters (lactones) is 1. The van der Waals surface area contributed by atoms with Crippen LogP contribution in [0.4, 0.5) is 0 Å². The SMILES string of the molecule is C=C[C@H]1C[C@]1(NC(=O)[C@@H]1C[C@@H]2CN1C(=O)[C@H](C(C)(C)C)CC(=O)OCCC/C=C/c1ccc3ccnc(c3c1)O2)C(=O)NS(=O)(=O)C1CC1. The maximum absolute atomic E-state index is 14.4. The van der Waals surface area contributed by atoms with E-state index in [2.05, 4.69) is 21.6 Å². The fourth-order valence-electron chi connectivity index (χ4n) is 6.71. The molecule has 2 aliphatic heterocycles. The van der Waals surface area contributed by atoms with Gasteiger partial charge in [0, 0.05) is 23.9 Å². The summed E-state index contributed by atoms with van der Waals surface area (Å²) in [5.74, 6) is -3.33. The topological polar surface area (TPSA) is 161 Å². The van der Waals surface area contributed by atoms with Crippen molar-refractivity contribution < 1.29 is 37.1 Å². The van der Waals surface area contributed by atoms with E-state index in [1.165, 1.54) is 11.0 Å². The molecule has 5 atom stereocenters. The molecule has 0 spiro atoms. The van der Waals surface area contributed by atoms with Crippen LogP contribution in [-0.4, -0.2) is 78.1 Å². The van der Waals surface area contributed by atoms with Gasteiger partial charge in [-0.05, 0) is 60.6 Å². The molecule has 4 aliphatic rings. The Labute approximate surface area is 286 Å². The van der Waals surface area contributed by atoms with E-state index in [1.54, 1.807) is 6.20 Å². The van der Waals surface area contributed by atoms with Crippen LogP contribution in [0.1, 0.15) is 71.3 Å².